The molecule has 25 heavy (non-hydrogen) atoms. The van der Waals surface area contributed by atoms with Gasteiger partial charge in [-0.05, 0) is 74.7 Å². The standard InChI is InChI=1S/C22H32O3/c1-4-21(3)18(8-11-22(21)12-9-19(24)25-22)15-5-6-16-13-17(23)7-10-20(16,2)14-15/h13,15,18H,4-12,14H2,1-3H3/t15?,18?,20-,21+,22-/m1/s1. The van der Waals surface area contributed by atoms with Crippen molar-refractivity contribution in [3.63, 3.8) is 0 Å². The van der Waals surface area contributed by atoms with Gasteiger partial charge < -0.3 is 4.74 Å². The predicted octanol–water partition coefficient (Wildman–Crippen LogP) is 4.98. The minimum atomic E-state index is -0.205. The average molecular weight is 344 g/mol. The van der Waals surface area contributed by atoms with Crippen LogP contribution in [0.15, 0.2) is 11.6 Å². The summed E-state index contributed by atoms with van der Waals surface area (Å²) in [6.45, 7) is 7.05. The van der Waals surface area contributed by atoms with Gasteiger partial charge in [-0.1, -0.05) is 26.3 Å². The Balaban J connectivity index is 1.59. The second kappa shape index (κ2) is 5.69. The number of ketones is 1. The molecule has 0 bridgehead atoms. The van der Waals surface area contributed by atoms with E-state index in [1.54, 1.807) is 0 Å². The molecule has 3 nitrogen and oxygen atoms in total. The summed E-state index contributed by atoms with van der Waals surface area (Å²) in [6, 6.07) is 0. The lowest BCUT2D eigenvalue weighted by Crippen LogP contribution is -2.47. The molecular weight excluding hydrogens is 312 g/mol. The second-order valence-corrected chi connectivity index (χ2v) is 9.58. The number of carbonyl (C=O) groups is 2. The molecule has 0 aromatic heterocycles. The monoisotopic (exact) mass is 344 g/mol. The Morgan fingerprint density at radius 1 is 1.08 bits per heavy atom. The molecule has 0 amide bonds. The van der Waals surface area contributed by atoms with Gasteiger partial charge in [0, 0.05) is 18.3 Å². The number of hydrogen-bond donors (Lipinski definition) is 0. The number of hydrogen-bond acceptors (Lipinski definition) is 3. The summed E-state index contributed by atoms with van der Waals surface area (Å²) in [5.41, 5.74) is 1.51. The number of esters is 1. The van der Waals surface area contributed by atoms with Crippen LogP contribution in [0.1, 0.15) is 85.0 Å². The normalized spacial score (nSPS) is 46.9. The zero-order valence-electron chi connectivity index (χ0n) is 16.0. The van der Waals surface area contributed by atoms with Crippen LogP contribution < -0.4 is 0 Å². The molecule has 4 aliphatic rings. The summed E-state index contributed by atoms with van der Waals surface area (Å²) in [6.07, 6.45) is 12.0. The quantitative estimate of drug-likeness (QED) is 0.663. The lowest BCUT2D eigenvalue weighted by Gasteiger charge is -2.50. The maximum Gasteiger partial charge on any atom is 0.306 e. The van der Waals surface area contributed by atoms with Gasteiger partial charge in [0.15, 0.2) is 5.78 Å². The van der Waals surface area contributed by atoms with Crippen LogP contribution in [-0.2, 0) is 14.3 Å². The predicted molar refractivity (Wildman–Crippen MR) is 97.0 cm³/mol. The van der Waals surface area contributed by atoms with Crippen molar-refractivity contribution in [3.05, 3.63) is 11.6 Å². The van der Waals surface area contributed by atoms with Crippen molar-refractivity contribution in [2.45, 2.75) is 90.6 Å². The minimum Gasteiger partial charge on any atom is -0.458 e. The van der Waals surface area contributed by atoms with Crippen LogP contribution in [0, 0.1) is 22.7 Å². The topological polar surface area (TPSA) is 43.4 Å². The third kappa shape index (κ3) is 2.44. The van der Waals surface area contributed by atoms with Gasteiger partial charge in [0.25, 0.3) is 0 Å². The van der Waals surface area contributed by atoms with Crippen molar-refractivity contribution in [1.82, 2.24) is 0 Å². The first-order chi connectivity index (χ1) is 11.8. The van der Waals surface area contributed by atoms with E-state index in [0.717, 1.165) is 32.1 Å². The van der Waals surface area contributed by atoms with E-state index >= 15 is 0 Å². The summed E-state index contributed by atoms with van der Waals surface area (Å²) in [5, 5.41) is 0. The van der Waals surface area contributed by atoms with Crippen molar-refractivity contribution in [2.24, 2.45) is 22.7 Å². The summed E-state index contributed by atoms with van der Waals surface area (Å²) < 4.78 is 5.99. The van der Waals surface area contributed by atoms with Crippen LogP contribution in [0.2, 0.25) is 0 Å². The van der Waals surface area contributed by atoms with Crippen LogP contribution >= 0.6 is 0 Å². The third-order valence-corrected chi connectivity index (χ3v) is 8.59. The molecule has 2 unspecified atom stereocenters. The first-order valence-corrected chi connectivity index (χ1v) is 10.3. The van der Waals surface area contributed by atoms with Crippen molar-refractivity contribution in [1.29, 1.82) is 0 Å². The van der Waals surface area contributed by atoms with Crippen LogP contribution in [0.25, 0.3) is 0 Å². The third-order valence-electron chi connectivity index (χ3n) is 8.59. The van der Waals surface area contributed by atoms with Gasteiger partial charge in [0.05, 0.1) is 0 Å². The molecule has 0 aromatic rings. The van der Waals surface area contributed by atoms with E-state index in [1.165, 1.54) is 24.8 Å². The van der Waals surface area contributed by atoms with E-state index in [0.29, 0.717) is 30.5 Å². The molecule has 1 saturated heterocycles. The first kappa shape index (κ1) is 17.3. The highest BCUT2D eigenvalue weighted by molar-refractivity contribution is 5.91. The Labute approximate surface area is 151 Å². The molecule has 5 atom stereocenters. The van der Waals surface area contributed by atoms with Gasteiger partial charge in [0.2, 0.25) is 0 Å². The summed E-state index contributed by atoms with van der Waals surface area (Å²) >= 11 is 0. The summed E-state index contributed by atoms with van der Waals surface area (Å²) in [4.78, 5) is 23.7. The molecule has 2 saturated carbocycles. The van der Waals surface area contributed by atoms with Gasteiger partial charge in [0.1, 0.15) is 5.60 Å². The molecule has 1 aliphatic heterocycles. The van der Waals surface area contributed by atoms with Gasteiger partial charge in [-0.2, -0.15) is 0 Å². The molecule has 3 heteroatoms. The Morgan fingerprint density at radius 3 is 2.56 bits per heavy atom. The summed E-state index contributed by atoms with van der Waals surface area (Å²) in [7, 11) is 0. The lowest BCUT2D eigenvalue weighted by atomic mass is 9.56. The van der Waals surface area contributed by atoms with Crippen LogP contribution in [0.5, 0.6) is 0 Å². The fraction of sp³-hybridized carbons (Fsp3) is 0.818. The van der Waals surface area contributed by atoms with Crippen LogP contribution in [0.4, 0.5) is 0 Å². The fourth-order valence-electron chi connectivity index (χ4n) is 6.85. The maximum atomic E-state index is 11.9. The van der Waals surface area contributed by atoms with E-state index in [2.05, 4.69) is 20.8 Å². The number of rotatable bonds is 2. The van der Waals surface area contributed by atoms with Crippen LogP contribution in [0.3, 0.4) is 0 Å². The highest BCUT2D eigenvalue weighted by atomic mass is 16.6. The zero-order chi connectivity index (χ0) is 17.9. The molecule has 3 aliphatic carbocycles. The highest BCUT2D eigenvalue weighted by Gasteiger charge is 2.62. The molecule has 3 fully saturated rings. The van der Waals surface area contributed by atoms with E-state index in [9.17, 15) is 9.59 Å². The van der Waals surface area contributed by atoms with Crippen molar-refractivity contribution >= 4 is 11.8 Å². The molecule has 138 valence electrons. The molecular formula is C22H32O3. The van der Waals surface area contributed by atoms with E-state index in [-0.39, 0.29) is 22.4 Å². The largest absolute Gasteiger partial charge is 0.458 e. The molecule has 0 aromatic carbocycles. The van der Waals surface area contributed by atoms with Crippen molar-refractivity contribution in [3.8, 4) is 0 Å². The van der Waals surface area contributed by atoms with E-state index < -0.39 is 0 Å². The second-order valence-electron chi connectivity index (χ2n) is 9.58. The lowest BCUT2D eigenvalue weighted by molar-refractivity contribution is -0.160. The average Bonchev–Trinajstić information content (AvgIpc) is 3.10. The molecule has 0 radical (unpaired) electrons. The number of ether oxygens (including phenoxy) is 1. The smallest absolute Gasteiger partial charge is 0.306 e. The van der Waals surface area contributed by atoms with E-state index in [4.69, 9.17) is 4.74 Å². The summed E-state index contributed by atoms with van der Waals surface area (Å²) in [5.74, 6) is 1.66. The molecule has 4 rings (SSSR count). The van der Waals surface area contributed by atoms with Crippen LogP contribution in [-0.4, -0.2) is 17.4 Å². The Morgan fingerprint density at radius 2 is 1.88 bits per heavy atom. The Kier molecular flexibility index (Phi) is 3.94. The van der Waals surface area contributed by atoms with Crippen molar-refractivity contribution < 1.29 is 14.3 Å². The maximum absolute atomic E-state index is 11.9. The molecule has 1 spiro atoms. The minimum absolute atomic E-state index is 0.00643. The molecule has 0 N–H and O–H groups in total. The number of fused-ring (bicyclic) bond motifs is 1. The van der Waals surface area contributed by atoms with Gasteiger partial charge in [-0.25, -0.2) is 0 Å². The molecule has 1 heterocycles. The number of carbonyl (C=O) groups excluding carboxylic acids is 2. The fourth-order valence-corrected chi connectivity index (χ4v) is 6.85. The SMILES string of the molecule is CC[C@@]1(C)C(C2CCC3=CC(=O)CC[C@]3(C)C2)CC[C@@]12CCC(=O)O2. The van der Waals surface area contributed by atoms with Gasteiger partial charge in [-0.15, -0.1) is 0 Å². The Bertz CT molecular complexity index is 635. The number of allylic oxidation sites excluding steroid dienone is 2. The van der Waals surface area contributed by atoms with Gasteiger partial charge >= 0.3 is 5.97 Å². The zero-order valence-corrected chi connectivity index (χ0v) is 16.0. The van der Waals surface area contributed by atoms with Gasteiger partial charge in [-0.3, -0.25) is 9.59 Å². The van der Waals surface area contributed by atoms with Crippen molar-refractivity contribution in [2.75, 3.05) is 0 Å². The van der Waals surface area contributed by atoms with E-state index in [1.807, 2.05) is 6.08 Å². The Hall–Kier alpha value is -1.12. The highest BCUT2D eigenvalue weighted by Crippen LogP contribution is 2.63. The first-order valence-electron chi connectivity index (χ1n) is 10.3.